The lowest BCUT2D eigenvalue weighted by Crippen LogP contribution is -2.35. The Morgan fingerprint density at radius 3 is 3.16 bits per heavy atom. The van der Waals surface area contributed by atoms with Crippen molar-refractivity contribution in [3.8, 4) is 0 Å². The highest BCUT2D eigenvalue weighted by molar-refractivity contribution is 5.80. The van der Waals surface area contributed by atoms with Crippen LogP contribution in [0.3, 0.4) is 0 Å². The van der Waals surface area contributed by atoms with Gasteiger partial charge in [0.05, 0.1) is 18.2 Å². The van der Waals surface area contributed by atoms with E-state index in [1.165, 1.54) is 0 Å². The van der Waals surface area contributed by atoms with Gasteiger partial charge in [-0.3, -0.25) is 4.79 Å². The maximum absolute atomic E-state index is 11.5. The normalized spacial score (nSPS) is 15.8. The minimum absolute atomic E-state index is 0.400. The van der Waals surface area contributed by atoms with E-state index in [1.54, 1.807) is 12.5 Å². The number of nitrogens with two attached hydrogens (primary N) is 1. The van der Waals surface area contributed by atoms with Crippen LogP contribution in [0.15, 0.2) is 17.6 Å². The molecule has 102 valence electrons. The number of nitrogens with zero attached hydrogens (tertiary/aromatic N) is 5. The molecule has 1 aromatic rings. The Balaban J connectivity index is 1.97. The molecule has 2 rings (SSSR count). The minimum atomic E-state index is -0.547. The van der Waals surface area contributed by atoms with Crippen molar-refractivity contribution >= 4 is 5.91 Å². The van der Waals surface area contributed by atoms with Crippen LogP contribution in [0.5, 0.6) is 0 Å². The quantitative estimate of drug-likeness (QED) is 0.315. The first-order chi connectivity index (χ1) is 9.24. The number of carbonyl (C=O) groups is 1. The van der Waals surface area contributed by atoms with Crippen molar-refractivity contribution in [2.75, 3.05) is 13.1 Å². The van der Waals surface area contributed by atoms with Gasteiger partial charge in [-0.1, -0.05) is 5.11 Å². The predicted molar refractivity (Wildman–Crippen MR) is 69.1 cm³/mol. The van der Waals surface area contributed by atoms with E-state index in [4.69, 9.17) is 11.3 Å². The van der Waals surface area contributed by atoms with Crippen LogP contribution in [-0.4, -0.2) is 28.5 Å². The number of primary amides is 1. The second-order valence-corrected chi connectivity index (χ2v) is 4.55. The molecule has 1 atom stereocenters. The molecule has 1 aromatic heterocycles. The first-order valence-electron chi connectivity index (χ1n) is 6.29. The monoisotopic (exact) mass is 263 g/mol. The van der Waals surface area contributed by atoms with E-state index in [0.29, 0.717) is 25.6 Å². The van der Waals surface area contributed by atoms with Gasteiger partial charge in [-0.15, -0.1) is 0 Å². The zero-order valence-corrected chi connectivity index (χ0v) is 10.6. The molecule has 0 spiro atoms. The van der Waals surface area contributed by atoms with Crippen molar-refractivity contribution in [1.29, 1.82) is 0 Å². The summed E-state index contributed by atoms with van der Waals surface area (Å²) in [5, 5.41) is 6.52. The summed E-state index contributed by atoms with van der Waals surface area (Å²) in [6, 6.07) is -0.0986. The SMILES string of the molecule is [N-]=[N+]=NCCCNC(C(N)=O)c1cncn1C1CC1. The van der Waals surface area contributed by atoms with Crippen molar-refractivity contribution in [2.24, 2.45) is 10.8 Å². The molecule has 1 amide bonds. The first kappa shape index (κ1) is 13.4. The van der Waals surface area contributed by atoms with E-state index in [-0.39, 0.29) is 0 Å². The summed E-state index contributed by atoms with van der Waals surface area (Å²) < 4.78 is 2.01. The van der Waals surface area contributed by atoms with Crippen molar-refractivity contribution < 1.29 is 4.79 Å². The molecule has 1 aliphatic carbocycles. The van der Waals surface area contributed by atoms with Gasteiger partial charge in [0.15, 0.2) is 0 Å². The molecule has 1 aliphatic rings. The minimum Gasteiger partial charge on any atom is -0.368 e. The Labute approximate surface area is 110 Å². The fourth-order valence-electron chi connectivity index (χ4n) is 1.99. The van der Waals surface area contributed by atoms with Crippen molar-refractivity contribution in [1.82, 2.24) is 14.9 Å². The summed E-state index contributed by atoms with van der Waals surface area (Å²) in [5.74, 6) is -0.425. The van der Waals surface area contributed by atoms with Crippen LogP contribution < -0.4 is 11.1 Å². The van der Waals surface area contributed by atoms with E-state index in [9.17, 15) is 4.79 Å². The summed E-state index contributed by atoms with van der Waals surface area (Å²) in [5.41, 5.74) is 14.4. The highest BCUT2D eigenvalue weighted by Gasteiger charge is 2.29. The summed E-state index contributed by atoms with van der Waals surface area (Å²) >= 11 is 0. The number of hydrogen-bond donors (Lipinski definition) is 2. The Morgan fingerprint density at radius 2 is 2.53 bits per heavy atom. The molecule has 0 aromatic carbocycles. The number of amides is 1. The van der Waals surface area contributed by atoms with Crippen LogP contribution in [0.25, 0.3) is 10.4 Å². The standard InChI is InChI=1S/C11H17N7O/c12-11(19)10(15-4-1-5-16-17-13)9-6-14-7-18(9)8-2-3-8/h6-8,10,15H,1-5H2,(H2,12,19). The molecule has 19 heavy (non-hydrogen) atoms. The highest BCUT2D eigenvalue weighted by Crippen LogP contribution is 2.36. The van der Waals surface area contributed by atoms with Gasteiger partial charge in [-0.25, -0.2) is 4.98 Å². The maximum atomic E-state index is 11.5. The molecule has 0 radical (unpaired) electrons. The zero-order chi connectivity index (χ0) is 13.7. The topological polar surface area (TPSA) is 122 Å². The lowest BCUT2D eigenvalue weighted by molar-refractivity contribution is -0.120. The van der Waals surface area contributed by atoms with Crippen LogP contribution in [0, 0.1) is 0 Å². The predicted octanol–water partition coefficient (Wildman–Crippen LogP) is 1.03. The fraction of sp³-hybridized carbons (Fsp3) is 0.636. The lowest BCUT2D eigenvalue weighted by atomic mass is 10.2. The molecule has 3 N–H and O–H groups in total. The van der Waals surface area contributed by atoms with E-state index in [1.807, 2.05) is 4.57 Å². The third kappa shape index (κ3) is 3.46. The van der Waals surface area contributed by atoms with Gasteiger partial charge in [0.25, 0.3) is 0 Å². The molecule has 1 fully saturated rings. The Hall–Kier alpha value is -2.05. The first-order valence-corrected chi connectivity index (χ1v) is 6.29. The van der Waals surface area contributed by atoms with Crippen LogP contribution in [0.1, 0.15) is 37.0 Å². The molecule has 8 nitrogen and oxygen atoms in total. The van der Waals surface area contributed by atoms with E-state index in [0.717, 1.165) is 18.5 Å². The van der Waals surface area contributed by atoms with Gasteiger partial charge in [0.2, 0.25) is 5.91 Å². The average Bonchev–Trinajstić information content (AvgIpc) is 3.12. The van der Waals surface area contributed by atoms with Crippen LogP contribution in [-0.2, 0) is 4.79 Å². The Bertz CT molecular complexity index is 487. The number of imidazole rings is 1. The van der Waals surface area contributed by atoms with Crippen LogP contribution >= 0.6 is 0 Å². The molecular formula is C11H17N7O. The second kappa shape index (κ2) is 6.21. The number of carbonyl (C=O) groups excluding carboxylic acids is 1. The van der Waals surface area contributed by atoms with Crippen LogP contribution in [0.2, 0.25) is 0 Å². The smallest absolute Gasteiger partial charge is 0.240 e. The summed E-state index contributed by atoms with van der Waals surface area (Å²) in [6.07, 6.45) is 6.31. The lowest BCUT2D eigenvalue weighted by Gasteiger charge is -2.17. The van der Waals surface area contributed by atoms with Crippen molar-refractivity contribution in [2.45, 2.75) is 31.3 Å². The van der Waals surface area contributed by atoms with Crippen molar-refractivity contribution in [3.63, 3.8) is 0 Å². The van der Waals surface area contributed by atoms with Crippen molar-refractivity contribution in [3.05, 3.63) is 28.7 Å². The number of hydrogen-bond acceptors (Lipinski definition) is 4. The van der Waals surface area contributed by atoms with Gasteiger partial charge < -0.3 is 15.6 Å². The van der Waals surface area contributed by atoms with E-state index in [2.05, 4.69) is 20.3 Å². The van der Waals surface area contributed by atoms with Gasteiger partial charge in [-0.05, 0) is 31.3 Å². The summed E-state index contributed by atoms with van der Waals surface area (Å²) in [7, 11) is 0. The third-order valence-electron chi connectivity index (χ3n) is 3.06. The van der Waals surface area contributed by atoms with Crippen LogP contribution in [0.4, 0.5) is 0 Å². The number of nitrogens with one attached hydrogen (secondary N) is 1. The molecular weight excluding hydrogens is 246 g/mol. The van der Waals surface area contributed by atoms with Gasteiger partial charge in [-0.2, -0.15) is 0 Å². The molecule has 1 unspecified atom stereocenters. The average molecular weight is 263 g/mol. The number of azide groups is 1. The third-order valence-corrected chi connectivity index (χ3v) is 3.06. The molecule has 1 heterocycles. The number of rotatable bonds is 8. The molecule has 0 bridgehead atoms. The molecule has 8 heteroatoms. The van der Waals surface area contributed by atoms with Gasteiger partial charge in [0.1, 0.15) is 6.04 Å². The molecule has 1 saturated carbocycles. The largest absolute Gasteiger partial charge is 0.368 e. The second-order valence-electron chi connectivity index (χ2n) is 4.55. The summed E-state index contributed by atoms with van der Waals surface area (Å²) in [6.45, 7) is 0.958. The van der Waals surface area contributed by atoms with Gasteiger partial charge >= 0.3 is 0 Å². The maximum Gasteiger partial charge on any atom is 0.240 e. The Morgan fingerprint density at radius 1 is 1.74 bits per heavy atom. The summed E-state index contributed by atoms with van der Waals surface area (Å²) in [4.78, 5) is 18.3. The molecule has 0 saturated heterocycles. The van der Waals surface area contributed by atoms with E-state index < -0.39 is 11.9 Å². The zero-order valence-electron chi connectivity index (χ0n) is 10.6. The molecule has 0 aliphatic heterocycles. The highest BCUT2D eigenvalue weighted by atomic mass is 16.1. The fourth-order valence-corrected chi connectivity index (χ4v) is 1.99. The van der Waals surface area contributed by atoms with E-state index >= 15 is 0 Å². The Kier molecular flexibility index (Phi) is 4.38. The number of aromatic nitrogens is 2. The van der Waals surface area contributed by atoms with Gasteiger partial charge in [0, 0.05) is 17.5 Å².